The monoisotopic (exact) mass is 478 g/mol. The van der Waals surface area contributed by atoms with Crippen molar-refractivity contribution < 1.29 is 28.5 Å². The Labute approximate surface area is 206 Å². The van der Waals surface area contributed by atoms with Crippen molar-refractivity contribution in [1.82, 2.24) is 0 Å². The topological polar surface area (TPSA) is 63.2 Å². The fourth-order valence-electron chi connectivity index (χ4n) is 8.55. The fourth-order valence-corrected chi connectivity index (χ4v) is 8.55. The third-order valence-corrected chi connectivity index (χ3v) is 10.2. The van der Waals surface area contributed by atoms with Gasteiger partial charge in [-0.15, -0.1) is 0 Å². The quantitative estimate of drug-likeness (QED) is 0.253. The Morgan fingerprint density at radius 1 is 1.06 bits per heavy atom. The van der Waals surface area contributed by atoms with Crippen molar-refractivity contribution in [2.24, 2.45) is 40.4 Å². The standard InChI is InChI=1S/C28H46O6/c1-18(15-32-19(2)29)23-9-10-24-22-8-7-20-13-21(33-16-30-5)11-12-27(20,3)25(22)14-26(28(23,24)4)34-17-31-6/h9,18,20-22,24-26H,7-8,10-17H2,1-6H3/t18-,20+,21+,22+,24+,25+,26-,27+,28-/m1/s1. The number of rotatable bonds is 9. The van der Waals surface area contributed by atoms with Crippen LogP contribution in [-0.2, 0) is 28.5 Å². The molecule has 4 aliphatic carbocycles. The largest absolute Gasteiger partial charge is 0.465 e. The molecule has 4 rings (SSSR count). The Bertz CT molecular complexity index is 751. The second kappa shape index (κ2) is 10.6. The van der Waals surface area contributed by atoms with E-state index in [-0.39, 0.29) is 23.4 Å². The zero-order chi connectivity index (χ0) is 24.5. The number of methoxy groups -OCH3 is 2. The molecular formula is C28H46O6. The summed E-state index contributed by atoms with van der Waals surface area (Å²) in [5.74, 6) is 2.63. The van der Waals surface area contributed by atoms with E-state index >= 15 is 0 Å². The SMILES string of the molecule is COCO[C@H]1CC[C@@]2(C)[C@@H](CC[C@@H]3[C@@H]2C[C@@H](OCOC)[C@]2(C)C([C@H](C)COC(C)=O)=CC[C@@H]32)C1. The molecule has 0 radical (unpaired) electrons. The van der Waals surface area contributed by atoms with Crippen LogP contribution in [0.3, 0.4) is 0 Å². The van der Waals surface area contributed by atoms with Crippen LogP contribution in [0.15, 0.2) is 11.6 Å². The van der Waals surface area contributed by atoms with E-state index in [1.807, 2.05) is 0 Å². The Hall–Kier alpha value is -0.950. The van der Waals surface area contributed by atoms with Crippen LogP contribution in [0.2, 0.25) is 0 Å². The van der Waals surface area contributed by atoms with E-state index in [0.29, 0.717) is 55.4 Å². The molecule has 0 N–H and O–H groups in total. The first-order valence-electron chi connectivity index (χ1n) is 13.3. The lowest BCUT2D eigenvalue weighted by molar-refractivity contribution is -0.199. The van der Waals surface area contributed by atoms with Gasteiger partial charge in [0.1, 0.15) is 13.6 Å². The lowest BCUT2D eigenvalue weighted by Crippen LogP contribution is -2.59. The van der Waals surface area contributed by atoms with E-state index in [4.69, 9.17) is 23.7 Å². The molecule has 3 fully saturated rings. The van der Waals surface area contributed by atoms with Gasteiger partial charge in [0.2, 0.25) is 0 Å². The number of hydrogen-bond donors (Lipinski definition) is 0. The van der Waals surface area contributed by atoms with Crippen LogP contribution < -0.4 is 0 Å². The molecule has 4 aliphatic rings. The normalized spacial score (nSPS) is 42.2. The highest BCUT2D eigenvalue weighted by molar-refractivity contribution is 5.65. The summed E-state index contributed by atoms with van der Waals surface area (Å²) in [5.41, 5.74) is 1.71. The summed E-state index contributed by atoms with van der Waals surface area (Å²) in [4.78, 5) is 11.5. The van der Waals surface area contributed by atoms with E-state index < -0.39 is 0 Å². The van der Waals surface area contributed by atoms with Crippen LogP contribution in [0.25, 0.3) is 0 Å². The molecule has 9 atom stereocenters. The van der Waals surface area contributed by atoms with Crippen LogP contribution in [0.1, 0.15) is 72.6 Å². The molecule has 0 heterocycles. The van der Waals surface area contributed by atoms with Crippen LogP contribution >= 0.6 is 0 Å². The Morgan fingerprint density at radius 2 is 1.79 bits per heavy atom. The smallest absolute Gasteiger partial charge is 0.302 e. The van der Waals surface area contributed by atoms with Crippen LogP contribution in [0, 0.1) is 40.4 Å². The highest BCUT2D eigenvalue weighted by Crippen LogP contribution is 2.67. The first kappa shape index (κ1) is 26.1. The molecule has 3 saturated carbocycles. The molecular weight excluding hydrogens is 432 g/mol. The van der Waals surface area contributed by atoms with Gasteiger partial charge in [0.05, 0.1) is 18.8 Å². The van der Waals surface area contributed by atoms with Crippen molar-refractivity contribution in [2.45, 2.75) is 84.8 Å². The molecule has 194 valence electrons. The summed E-state index contributed by atoms with van der Waals surface area (Å²) in [7, 11) is 3.41. The number of carbonyl (C=O) groups is 1. The zero-order valence-corrected chi connectivity index (χ0v) is 22.1. The number of fused-ring (bicyclic) bond motifs is 5. The third-order valence-electron chi connectivity index (χ3n) is 10.2. The van der Waals surface area contributed by atoms with Crippen LogP contribution in [0.5, 0.6) is 0 Å². The maximum Gasteiger partial charge on any atom is 0.302 e. The van der Waals surface area contributed by atoms with E-state index in [9.17, 15) is 4.79 Å². The molecule has 0 saturated heterocycles. The molecule has 0 bridgehead atoms. The summed E-state index contributed by atoms with van der Waals surface area (Å²) in [6.07, 6.45) is 11.1. The highest BCUT2D eigenvalue weighted by atomic mass is 16.7. The van der Waals surface area contributed by atoms with Gasteiger partial charge in [-0.25, -0.2) is 0 Å². The van der Waals surface area contributed by atoms with Crippen molar-refractivity contribution in [3.63, 3.8) is 0 Å². The van der Waals surface area contributed by atoms with Gasteiger partial charge in [0.25, 0.3) is 0 Å². The molecule has 0 aromatic rings. The number of esters is 1. The lowest BCUT2D eigenvalue weighted by Gasteiger charge is -2.62. The minimum Gasteiger partial charge on any atom is -0.465 e. The predicted molar refractivity (Wildman–Crippen MR) is 130 cm³/mol. The van der Waals surface area contributed by atoms with Gasteiger partial charge in [-0.3, -0.25) is 4.79 Å². The minimum atomic E-state index is -0.209. The average molecular weight is 479 g/mol. The van der Waals surface area contributed by atoms with E-state index in [0.717, 1.165) is 25.7 Å². The van der Waals surface area contributed by atoms with Crippen LogP contribution in [0.4, 0.5) is 0 Å². The van der Waals surface area contributed by atoms with Crippen molar-refractivity contribution in [3.05, 3.63) is 11.6 Å². The Balaban J connectivity index is 1.57. The molecule has 0 aliphatic heterocycles. The summed E-state index contributed by atoms with van der Waals surface area (Å²) in [5, 5.41) is 0. The molecule has 6 nitrogen and oxygen atoms in total. The van der Waals surface area contributed by atoms with Gasteiger partial charge in [-0.05, 0) is 74.0 Å². The second-order valence-electron chi connectivity index (χ2n) is 11.8. The van der Waals surface area contributed by atoms with Crippen LogP contribution in [-0.4, -0.2) is 52.6 Å². The van der Waals surface area contributed by atoms with Gasteiger partial charge in [0.15, 0.2) is 0 Å². The third kappa shape index (κ3) is 4.60. The second-order valence-corrected chi connectivity index (χ2v) is 11.8. The van der Waals surface area contributed by atoms with Gasteiger partial charge in [0, 0.05) is 32.5 Å². The summed E-state index contributed by atoms with van der Waals surface area (Å²) >= 11 is 0. The number of allylic oxidation sites excluding steroid dienone is 1. The van der Waals surface area contributed by atoms with E-state index in [1.54, 1.807) is 14.2 Å². The average Bonchev–Trinajstić information content (AvgIpc) is 3.18. The number of hydrogen-bond acceptors (Lipinski definition) is 6. The van der Waals surface area contributed by atoms with Gasteiger partial charge in [-0.1, -0.05) is 32.4 Å². The van der Waals surface area contributed by atoms with Crippen molar-refractivity contribution in [2.75, 3.05) is 34.4 Å². The Morgan fingerprint density at radius 3 is 2.50 bits per heavy atom. The Kier molecular flexibility index (Phi) is 8.13. The summed E-state index contributed by atoms with van der Waals surface area (Å²) < 4.78 is 28.5. The number of ether oxygens (including phenoxy) is 5. The highest BCUT2D eigenvalue weighted by Gasteiger charge is 2.62. The fraction of sp³-hybridized carbons (Fsp3) is 0.893. The minimum absolute atomic E-state index is 0.0404. The molecule has 34 heavy (non-hydrogen) atoms. The number of carbonyl (C=O) groups excluding carboxylic acids is 1. The first-order valence-corrected chi connectivity index (χ1v) is 13.3. The molecule has 0 aromatic heterocycles. The summed E-state index contributed by atoms with van der Waals surface area (Å²) in [6.45, 7) is 9.82. The maximum atomic E-state index is 11.5. The van der Waals surface area contributed by atoms with Crippen molar-refractivity contribution >= 4 is 5.97 Å². The molecule has 6 heteroatoms. The molecule has 0 aromatic carbocycles. The van der Waals surface area contributed by atoms with Gasteiger partial charge < -0.3 is 23.7 Å². The lowest BCUT2D eigenvalue weighted by atomic mass is 9.44. The molecule has 0 unspecified atom stereocenters. The molecule has 0 spiro atoms. The maximum absolute atomic E-state index is 11.5. The van der Waals surface area contributed by atoms with Crippen molar-refractivity contribution in [3.8, 4) is 0 Å². The van der Waals surface area contributed by atoms with Gasteiger partial charge >= 0.3 is 5.97 Å². The van der Waals surface area contributed by atoms with E-state index in [2.05, 4.69) is 26.8 Å². The first-order chi connectivity index (χ1) is 16.3. The summed E-state index contributed by atoms with van der Waals surface area (Å²) in [6, 6.07) is 0. The van der Waals surface area contributed by atoms with Crippen molar-refractivity contribution in [1.29, 1.82) is 0 Å². The molecule has 0 amide bonds. The van der Waals surface area contributed by atoms with E-state index in [1.165, 1.54) is 31.8 Å². The van der Waals surface area contributed by atoms with Gasteiger partial charge in [-0.2, -0.15) is 0 Å². The predicted octanol–water partition coefficient (Wildman–Crippen LogP) is 5.35. The zero-order valence-electron chi connectivity index (χ0n) is 22.1.